The van der Waals surface area contributed by atoms with Crippen molar-refractivity contribution in [1.82, 2.24) is 10.3 Å². The highest BCUT2D eigenvalue weighted by molar-refractivity contribution is 5.76. The maximum atomic E-state index is 12.9. The molecule has 0 aliphatic carbocycles. The van der Waals surface area contributed by atoms with Crippen molar-refractivity contribution in [3.63, 3.8) is 0 Å². The van der Waals surface area contributed by atoms with Gasteiger partial charge in [-0.15, -0.1) is 0 Å². The highest BCUT2D eigenvalue weighted by Gasteiger charge is 2.10. The first-order chi connectivity index (χ1) is 10.1. The summed E-state index contributed by atoms with van der Waals surface area (Å²) in [6, 6.07) is 6.19. The predicted octanol–water partition coefficient (Wildman–Crippen LogP) is 3.33. The van der Waals surface area contributed by atoms with Crippen LogP contribution in [-0.4, -0.2) is 16.9 Å². The third-order valence-corrected chi connectivity index (χ3v) is 3.27. The van der Waals surface area contributed by atoms with E-state index in [9.17, 15) is 9.18 Å². The SMILES string of the molecule is CC[C@H](C)NC(=O)CCc1ncc(-c2ccc(F)cc2)o1. The number of benzene rings is 1. The maximum absolute atomic E-state index is 12.9. The molecule has 2 rings (SSSR count). The van der Waals surface area contributed by atoms with Crippen molar-refractivity contribution in [2.24, 2.45) is 0 Å². The Morgan fingerprint density at radius 2 is 2.10 bits per heavy atom. The lowest BCUT2D eigenvalue weighted by atomic mass is 10.2. The summed E-state index contributed by atoms with van der Waals surface area (Å²) in [7, 11) is 0. The van der Waals surface area contributed by atoms with Gasteiger partial charge in [0.2, 0.25) is 5.91 Å². The average Bonchev–Trinajstić information content (AvgIpc) is 2.94. The van der Waals surface area contributed by atoms with Crippen LogP contribution < -0.4 is 5.32 Å². The highest BCUT2D eigenvalue weighted by atomic mass is 19.1. The Balaban J connectivity index is 1.91. The third kappa shape index (κ3) is 4.41. The van der Waals surface area contributed by atoms with E-state index in [1.54, 1.807) is 18.3 Å². The van der Waals surface area contributed by atoms with Gasteiger partial charge in [-0.1, -0.05) is 6.92 Å². The summed E-state index contributed by atoms with van der Waals surface area (Å²) in [4.78, 5) is 15.8. The first-order valence-corrected chi connectivity index (χ1v) is 7.08. The topological polar surface area (TPSA) is 55.1 Å². The van der Waals surface area contributed by atoms with Gasteiger partial charge in [0.25, 0.3) is 0 Å². The molecule has 21 heavy (non-hydrogen) atoms. The summed E-state index contributed by atoms with van der Waals surface area (Å²) in [6.07, 6.45) is 3.28. The van der Waals surface area contributed by atoms with E-state index in [1.165, 1.54) is 12.1 Å². The molecule has 2 aromatic rings. The molecule has 4 nitrogen and oxygen atoms in total. The van der Waals surface area contributed by atoms with Crippen LogP contribution in [0.1, 0.15) is 32.6 Å². The fraction of sp³-hybridized carbons (Fsp3) is 0.375. The van der Waals surface area contributed by atoms with Crippen molar-refractivity contribution in [1.29, 1.82) is 0 Å². The molecule has 0 saturated carbocycles. The lowest BCUT2D eigenvalue weighted by Gasteiger charge is -2.10. The summed E-state index contributed by atoms with van der Waals surface area (Å²) in [5, 5.41) is 2.89. The number of carbonyl (C=O) groups excluding carboxylic acids is 1. The molecule has 1 N–H and O–H groups in total. The van der Waals surface area contributed by atoms with Crippen LogP contribution in [0.5, 0.6) is 0 Å². The van der Waals surface area contributed by atoms with Gasteiger partial charge >= 0.3 is 0 Å². The molecule has 0 radical (unpaired) electrons. The van der Waals surface area contributed by atoms with E-state index < -0.39 is 0 Å². The van der Waals surface area contributed by atoms with E-state index in [0.29, 0.717) is 24.5 Å². The first kappa shape index (κ1) is 15.2. The lowest BCUT2D eigenvalue weighted by Crippen LogP contribution is -2.32. The van der Waals surface area contributed by atoms with E-state index in [2.05, 4.69) is 10.3 Å². The van der Waals surface area contributed by atoms with Gasteiger partial charge < -0.3 is 9.73 Å². The van der Waals surface area contributed by atoms with Gasteiger partial charge in [-0.3, -0.25) is 4.79 Å². The molecule has 5 heteroatoms. The number of rotatable bonds is 6. The molecular weight excluding hydrogens is 271 g/mol. The van der Waals surface area contributed by atoms with Crippen molar-refractivity contribution in [3.05, 3.63) is 42.2 Å². The second-order valence-electron chi connectivity index (χ2n) is 5.00. The van der Waals surface area contributed by atoms with Crippen molar-refractivity contribution in [2.45, 2.75) is 39.2 Å². The lowest BCUT2D eigenvalue weighted by molar-refractivity contribution is -0.121. The molecule has 0 aliphatic heterocycles. The second-order valence-corrected chi connectivity index (χ2v) is 5.00. The smallest absolute Gasteiger partial charge is 0.220 e. The van der Waals surface area contributed by atoms with Crippen molar-refractivity contribution in [2.75, 3.05) is 0 Å². The molecule has 0 fully saturated rings. The molecule has 1 atom stereocenters. The number of nitrogens with one attached hydrogen (secondary N) is 1. The summed E-state index contributed by atoms with van der Waals surface area (Å²) < 4.78 is 18.4. The Morgan fingerprint density at radius 3 is 2.76 bits per heavy atom. The fourth-order valence-corrected chi connectivity index (χ4v) is 1.84. The Hall–Kier alpha value is -2.17. The third-order valence-electron chi connectivity index (χ3n) is 3.27. The molecule has 1 heterocycles. The van der Waals surface area contributed by atoms with Gasteiger partial charge in [0.05, 0.1) is 6.20 Å². The van der Waals surface area contributed by atoms with Gasteiger partial charge in [-0.2, -0.15) is 0 Å². The van der Waals surface area contributed by atoms with E-state index >= 15 is 0 Å². The quantitative estimate of drug-likeness (QED) is 0.887. The second kappa shape index (κ2) is 7.02. The predicted molar refractivity (Wildman–Crippen MR) is 78.1 cm³/mol. The molecule has 0 spiro atoms. The van der Waals surface area contributed by atoms with Crippen LogP contribution in [-0.2, 0) is 11.2 Å². The number of amides is 1. The van der Waals surface area contributed by atoms with E-state index in [0.717, 1.165) is 12.0 Å². The van der Waals surface area contributed by atoms with Crippen LogP contribution in [0, 0.1) is 5.82 Å². The molecule has 1 aromatic carbocycles. The number of carbonyl (C=O) groups is 1. The largest absolute Gasteiger partial charge is 0.441 e. The minimum absolute atomic E-state index is 0.00844. The summed E-state index contributed by atoms with van der Waals surface area (Å²) in [6.45, 7) is 3.99. The fourth-order valence-electron chi connectivity index (χ4n) is 1.84. The molecule has 1 aromatic heterocycles. The number of hydrogen-bond donors (Lipinski definition) is 1. The van der Waals surface area contributed by atoms with E-state index in [1.807, 2.05) is 13.8 Å². The first-order valence-electron chi connectivity index (χ1n) is 7.08. The van der Waals surface area contributed by atoms with Crippen molar-refractivity contribution in [3.8, 4) is 11.3 Å². The van der Waals surface area contributed by atoms with E-state index in [-0.39, 0.29) is 17.8 Å². The molecule has 0 aliphatic rings. The van der Waals surface area contributed by atoms with Crippen LogP contribution in [0.3, 0.4) is 0 Å². The minimum atomic E-state index is -0.291. The van der Waals surface area contributed by atoms with Gasteiger partial charge in [-0.25, -0.2) is 9.37 Å². The summed E-state index contributed by atoms with van der Waals surface area (Å²) in [5.41, 5.74) is 0.763. The minimum Gasteiger partial charge on any atom is -0.441 e. The number of halogens is 1. The molecule has 0 bridgehead atoms. The average molecular weight is 290 g/mol. The molecule has 1 amide bonds. The molecule has 0 unspecified atom stereocenters. The molecule has 112 valence electrons. The number of nitrogens with zero attached hydrogens (tertiary/aromatic N) is 1. The standard InChI is InChI=1S/C16H19FN2O2/c1-3-11(2)19-15(20)8-9-16-18-10-14(21-16)12-4-6-13(17)7-5-12/h4-7,10-11H,3,8-9H2,1-2H3,(H,19,20)/t11-/m0/s1. The Morgan fingerprint density at radius 1 is 1.38 bits per heavy atom. The number of oxazole rings is 1. The zero-order chi connectivity index (χ0) is 15.2. The Kier molecular flexibility index (Phi) is 5.09. The van der Waals surface area contributed by atoms with Gasteiger partial charge in [-0.05, 0) is 37.6 Å². The van der Waals surface area contributed by atoms with Crippen LogP contribution in [0.25, 0.3) is 11.3 Å². The van der Waals surface area contributed by atoms with Gasteiger partial charge in [0, 0.05) is 24.4 Å². The number of hydrogen-bond acceptors (Lipinski definition) is 3. The zero-order valence-electron chi connectivity index (χ0n) is 12.2. The normalized spacial score (nSPS) is 12.1. The summed E-state index contributed by atoms with van der Waals surface area (Å²) >= 11 is 0. The highest BCUT2D eigenvalue weighted by Crippen LogP contribution is 2.21. The molecular formula is C16H19FN2O2. The van der Waals surface area contributed by atoms with Gasteiger partial charge in [0.1, 0.15) is 5.82 Å². The number of aryl methyl sites for hydroxylation is 1. The Bertz CT molecular complexity index is 593. The van der Waals surface area contributed by atoms with Crippen molar-refractivity contribution < 1.29 is 13.6 Å². The monoisotopic (exact) mass is 290 g/mol. The number of aromatic nitrogens is 1. The van der Waals surface area contributed by atoms with Crippen LogP contribution >= 0.6 is 0 Å². The maximum Gasteiger partial charge on any atom is 0.220 e. The van der Waals surface area contributed by atoms with Crippen LogP contribution in [0.2, 0.25) is 0 Å². The molecule has 0 saturated heterocycles. The Labute approximate surface area is 123 Å². The van der Waals surface area contributed by atoms with Crippen molar-refractivity contribution >= 4 is 5.91 Å². The van der Waals surface area contributed by atoms with E-state index in [4.69, 9.17) is 4.42 Å². The van der Waals surface area contributed by atoms with Crippen LogP contribution in [0.15, 0.2) is 34.9 Å². The zero-order valence-corrected chi connectivity index (χ0v) is 12.2. The summed E-state index contributed by atoms with van der Waals surface area (Å²) in [5.74, 6) is 0.784. The van der Waals surface area contributed by atoms with Gasteiger partial charge in [0.15, 0.2) is 11.7 Å². The van der Waals surface area contributed by atoms with Crippen LogP contribution in [0.4, 0.5) is 4.39 Å².